The SMILES string of the molecule is CN(C(=O)c1ccc2c3c(ccc(C(=O)Oc4ccccc4)c13)C(=O)N(c1ccc(C3CCCC3)c(Oc3ccccc3)c1)C2=O)c1ccc(Oc2ccc(N(C)C(=O)c3ccc4c5c(ccc(C(=O)Oc6ccccc6)c35)C(=O)N(c3ccc(C5CCCC5)c(Oc5ccccc5)c3)C4=O)cc2)cc1. The van der Waals surface area contributed by atoms with Gasteiger partial charge in [-0.1, -0.05) is 111 Å². The molecular weight excluding hydrogens is 1320 g/mol. The normalized spacial score (nSPS) is 14.2. The van der Waals surface area contributed by atoms with Crippen molar-refractivity contribution < 1.29 is 62.0 Å². The molecule has 17 heteroatoms. The second-order valence-corrected chi connectivity index (χ2v) is 26.5. The highest BCUT2D eigenvalue weighted by Crippen LogP contribution is 2.47. The van der Waals surface area contributed by atoms with Crippen molar-refractivity contribution in [1.29, 1.82) is 0 Å². The largest absolute Gasteiger partial charge is 0.457 e. The number of para-hydroxylation sites is 4. The van der Waals surface area contributed by atoms with Gasteiger partial charge in [-0.2, -0.15) is 0 Å². The highest BCUT2D eigenvalue weighted by Gasteiger charge is 2.41. The van der Waals surface area contributed by atoms with E-state index in [4.69, 9.17) is 23.7 Å². The van der Waals surface area contributed by atoms with Crippen LogP contribution in [-0.4, -0.2) is 61.5 Å². The Morgan fingerprint density at radius 3 is 0.962 bits per heavy atom. The molecule has 2 saturated carbocycles. The lowest BCUT2D eigenvalue weighted by Gasteiger charge is -2.29. The van der Waals surface area contributed by atoms with Crippen molar-refractivity contribution in [1.82, 2.24) is 0 Å². The summed E-state index contributed by atoms with van der Waals surface area (Å²) in [6.07, 6.45) is 8.28. The molecule has 2 aliphatic heterocycles. The van der Waals surface area contributed by atoms with Crippen LogP contribution in [0.4, 0.5) is 22.7 Å². The smallest absolute Gasteiger partial charge is 0.344 e. The lowest BCUT2D eigenvalue weighted by atomic mass is 9.87. The van der Waals surface area contributed by atoms with Crippen LogP contribution in [0.3, 0.4) is 0 Å². The van der Waals surface area contributed by atoms with E-state index in [9.17, 15) is 28.8 Å². The van der Waals surface area contributed by atoms with E-state index >= 15 is 9.59 Å². The molecule has 0 saturated heterocycles. The van der Waals surface area contributed by atoms with Crippen molar-refractivity contribution in [3.63, 3.8) is 0 Å². The number of imide groups is 2. The molecule has 2 heterocycles. The van der Waals surface area contributed by atoms with Gasteiger partial charge in [0, 0.05) is 92.5 Å². The van der Waals surface area contributed by atoms with Crippen LogP contribution in [0.2, 0.25) is 0 Å². The summed E-state index contributed by atoms with van der Waals surface area (Å²) in [5, 5.41) is 0.400. The van der Waals surface area contributed by atoms with Gasteiger partial charge < -0.3 is 33.5 Å². The highest BCUT2D eigenvalue weighted by atomic mass is 16.5. The van der Waals surface area contributed by atoms with E-state index in [-0.39, 0.29) is 89.4 Å². The Hall–Kier alpha value is -13.3. The third-order valence-corrected chi connectivity index (χ3v) is 20.2. The van der Waals surface area contributed by atoms with Gasteiger partial charge in [-0.05, 0) is 206 Å². The van der Waals surface area contributed by atoms with Crippen molar-refractivity contribution in [2.45, 2.75) is 63.2 Å². The first-order chi connectivity index (χ1) is 51.2. The fourth-order valence-electron chi connectivity index (χ4n) is 14.9. The molecule has 12 aromatic carbocycles. The standard InChI is InChI=1S/C88H66N4O13/c1-89(81(93)67-43-45-69-77-71(47-49-73(79(67)77)87(99)104-61-27-11-5-12-28-61)85(97)91(83(69)95)57-35-41-65(53-19-15-16-20-53)75(51-57)102-59-23-7-3-8-24-59)55-31-37-63(38-32-55)101-64-39-33-56(34-40-64)90(2)82(94)68-44-46-70-78-72(48-50-74(80(68)78)88(100)105-62-29-13-6-14-30-62)86(98)92(84(70)96)58-36-42-66(54-21-17-18-22-54)76(52-58)103-60-25-9-4-10-26-60/h3-14,23-54H,15-22H2,1-2H3. The quantitative estimate of drug-likeness (QED) is 0.0447. The first-order valence-corrected chi connectivity index (χ1v) is 34.9. The van der Waals surface area contributed by atoms with Gasteiger partial charge >= 0.3 is 11.9 Å². The van der Waals surface area contributed by atoms with Gasteiger partial charge in [-0.15, -0.1) is 0 Å². The van der Waals surface area contributed by atoms with Crippen LogP contribution in [-0.2, 0) is 0 Å². The minimum atomic E-state index is -0.808. The molecule has 16 rings (SSSR count). The molecule has 0 N–H and O–H groups in total. The predicted octanol–water partition coefficient (Wildman–Crippen LogP) is 19.3. The first-order valence-electron chi connectivity index (χ1n) is 34.9. The average molecular weight is 1390 g/mol. The van der Waals surface area contributed by atoms with Crippen molar-refractivity contribution in [3.8, 4) is 46.0 Å². The maximum absolute atomic E-state index is 15.1. The summed E-state index contributed by atoms with van der Waals surface area (Å²) in [5.41, 5.74) is 3.82. The lowest BCUT2D eigenvalue weighted by molar-refractivity contribution is 0.0727. The molecule has 516 valence electrons. The van der Waals surface area contributed by atoms with Crippen LogP contribution in [0, 0.1) is 0 Å². The van der Waals surface area contributed by atoms with E-state index < -0.39 is 47.4 Å². The first kappa shape index (κ1) is 66.3. The molecule has 12 aromatic rings. The number of nitrogens with zero attached hydrogens (tertiary/aromatic N) is 4. The number of ether oxygens (including phenoxy) is 5. The number of benzene rings is 12. The molecule has 105 heavy (non-hydrogen) atoms. The van der Waals surface area contributed by atoms with Crippen molar-refractivity contribution in [2.75, 3.05) is 33.7 Å². The summed E-state index contributed by atoms with van der Waals surface area (Å²) in [4.78, 5) is 124. The van der Waals surface area contributed by atoms with Crippen LogP contribution in [0.1, 0.15) is 157 Å². The molecule has 4 aliphatic rings. The number of hydrogen-bond donors (Lipinski definition) is 0. The molecule has 0 bridgehead atoms. The Morgan fingerprint density at radius 2 is 0.629 bits per heavy atom. The van der Waals surface area contributed by atoms with Gasteiger partial charge in [0.15, 0.2) is 0 Å². The molecule has 2 aliphatic carbocycles. The van der Waals surface area contributed by atoms with Crippen LogP contribution in [0.5, 0.6) is 46.0 Å². The summed E-state index contributed by atoms with van der Waals surface area (Å²) in [7, 11) is 3.14. The van der Waals surface area contributed by atoms with Crippen molar-refractivity contribution in [3.05, 3.63) is 310 Å². The number of amides is 6. The number of esters is 2. The maximum atomic E-state index is 15.1. The number of carbonyl (C=O) groups is 8. The van der Waals surface area contributed by atoms with Gasteiger partial charge in [0.1, 0.15) is 46.0 Å². The number of carbonyl (C=O) groups excluding carboxylic acids is 8. The number of hydrogen-bond acceptors (Lipinski definition) is 13. The van der Waals surface area contributed by atoms with E-state index in [1.165, 1.54) is 58.3 Å². The molecule has 0 atom stereocenters. The van der Waals surface area contributed by atoms with Crippen LogP contribution in [0.25, 0.3) is 21.5 Å². The van der Waals surface area contributed by atoms with Gasteiger partial charge in [0.2, 0.25) is 0 Å². The molecule has 0 spiro atoms. The van der Waals surface area contributed by atoms with Gasteiger partial charge in [-0.3, -0.25) is 28.8 Å². The minimum Gasteiger partial charge on any atom is -0.457 e. The van der Waals surface area contributed by atoms with Gasteiger partial charge in [-0.25, -0.2) is 19.4 Å². The fourth-order valence-corrected chi connectivity index (χ4v) is 14.9. The molecule has 0 aromatic heterocycles. The van der Waals surface area contributed by atoms with Crippen LogP contribution < -0.4 is 43.3 Å². The summed E-state index contributed by atoms with van der Waals surface area (Å²) in [5.74, 6) is -1.29. The van der Waals surface area contributed by atoms with E-state index in [0.717, 1.165) is 72.3 Å². The third kappa shape index (κ3) is 12.5. The highest BCUT2D eigenvalue weighted by molar-refractivity contribution is 6.39. The lowest BCUT2D eigenvalue weighted by Crippen LogP contribution is -2.41. The zero-order valence-corrected chi connectivity index (χ0v) is 57.2. The summed E-state index contributed by atoms with van der Waals surface area (Å²) in [6, 6.07) is 71.7. The van der Waals surface area contributed by atoms with E-state index in [2.05, 4.69) is 0 Å². The molecule has 0 unspecified atom stereocenters. The van der Waals surface area contributed by atoms with Crippen LogP contribution >= 0.6 is 0 Å². The van der Waals surface area contributed by atoms with Crippen molar-refractivity contribution >= 4 is 91.7 Å². The Balaban J connectivity index is 0.661. The molecule has 6 amide bonds. The van der Waals surface area contributed by atoms with Gasteiger partial charge in [0.25, 0.3) is 35.4 Å². The zero-order valence-electron chi connectivity index (χ0n) is 57.2. The monoisotopic (exact) mass is 1390 g/mol. The number of rotatable bonds is 18. The van der Waals surface area contributed by atoms with E-state index in [1.807, 2.05) is 72.8 Å². The van der Waals surface area contributed by atoms with Crippen LogP contribution in [0.15, 0.2) is 255 Å². The summed E-state index contributed by atoms with van der Waals surface area (Å²) >= 11 is 0. The summed E-state index contributed by atoms with van der Waals surface area (Å²) in [6.45, 7) is 0. The van der Waals surface area contributed by atoms with E-state index in [0.29, 0.717) is 57.2 Å². The zero-order chi connectivity index (χ0) is 72.0. The Labute approximate surface area is 603 Å². The molecule has 17 nitrogen and oxygen atoms in total. The van der Waals surface area contributed by atoms with Crippen molar-refractivity contribution in [2.24, 2.45) is 0 Å². The third-order valence-electron chi connectivity index (χ3n) is 20.2. The predicted molar refractivity (Wildman–Crippen MR) is 400 cm³/mol. The fraction of sp³-hybridized carbons (Fsp3) is 0.136. The van der Waals surface area contributed by atoms with Gasteiger partial charge in [0.05, 0.1) is 22.5 Å². The second-order valence-electron chi connectivity index (χ2n) is 26.5. The topological polar surface area (TPSA) is 196 Å². The average Bonchev–Trinajstić information content (AvgIpc) is 1.38. The molecule has 2 fully saturated rings. The Kier molecular flexibility index (Phi) is 17.6. The maximum Gasteiger partial charge on any atom is 0.344 e. The Bertz CT molecular complexity index is 5120. The summed E-state index contributed by atoms with van der Waals surface area (Å²) < 4.78 is 31.0. The molecular formula is C88H66N4O13. The second kappa shape index (κ2) is 27.9. The number of anilines is 4. The minimum absolute atomic E-state index is 0.0305. The Morgan fingerprint density at radius 1 is 0.324 bits per heavy atom. The molecule has 0 radical (unpaired) electrons. The van der Waals surface area contributed by atoms with E-state index in [1.54, 1.807) is 148 Å².